The molecule has 0 radical (unpaired) electrons. The predicted octanol–water partition coefficient (Wildman–Crippen LogP) is 2.08. The molecule has 2 amide bonds. The zero-order valence-electron chi connectivity index (χ0n) is 12.3. The first-order valence-corrected chi connectivity index (χ1v) is 7.68. The van der Waals surface area contributed by atoms with E-state index in [0.717, 1.165) is 25.2 Å². The lowest BCUT2D eigenvalue weighted by atomic mass is 10.1. The second-order valence-electron chi connectivity index (χ2n) is 6.07. The number of imide groups is 1. The maximum atomic E-state index is 12.3. The van der Waals surface area contributed by atoms with Crippen molar-refractivity contribution in [1.29, 1.82) is 0 Å². The van der Waals surface area contributed by atoms with E-state index >= 15 is 0 Å². The van der Waals surface area contributed by atoms with E-state index in [1.54, 1.807) is 0 Å². The van der Waals surface area contributed by atoms with Gasteiger partial charge in [-0.3, -0.25) is 14.5 Å². The molecule has 0 aromatic heterocycles. The van der Waals surface area contributed by atoms with Gasteiger partial charge in [-0.2, -0.15) is 0 Å². The zero-order valence-corrected chi connectivity index (χ0v) is 12.3. The van der Waals surface area contributed by atoms with E-state index in [0.29, 0.717) is 12.5 Å². The minimum Gasteiger partial charge on any atom is -0.303 e. The molecule has 1 aliphatic heterocycles. The Balaban J connectivity index is 1.93. The normalized spacial score (nSPS) is 26.9. The summed E-state index contributed by atoms with van der Waals surface area (Å²) in [6.45, 7) is 6.10. The van der Waals surface area contributed by atoms with E-state index < -0.39 is 0 Å². The van der Waals surface area contributed by atoms with Crippen LogP contribution < -0.4 is 5.32 Å². The standard InChI is InChI=1S/C15H26N2O2/c1-4-10(3)17-14(18)9-13(15(17)19)16-12(5-2)8-11-6-7-11/h10-13,16H,4-9H2,1-3H3. The Labute approximate surface area is 115 Å². The molecule has 4 heteroatoms. The van der Waals surface area contributed by atoms with E-state index in [1.807, 2.05) is 13.8 Å². The van der Waals surface area contributed by atoms with Gasteiger partial charge in [0.05, 0.1) is 12.5 Å². The quantitative estimate of drug-likeness (QED) is 0.718. The van der Waals surface area contributed by atoms with Crippen LogP contribution in [0.3, 0.4) is 0 Å². The summed E-state index contributed by atoms with van der Waals surface area (Å²) in [5.74, 6) is 0.807. The summed E-state index contributed by atoms with van der Waals surface area (Å²) in [6, 6.07) is 0.117. The topological polar surface area (TPSA) is 49.4 Å². The van der Waals surface area contributed by atoms with Crippen molar-refractivity contribution in [2.45, 2.75) is 77.4 Å². The van der Waals surface area contributed by atoms with E-state index in [9.17, 15) is 9.59 Å². The summed E-state index contributed by atoms with van der Waals surface area (Å²) in [7, 11) is 0. The molecule has 2 aliphatic rings. The molecular formula is C15H26N2O2. The first-order chi connectivity index (χ1) is 9.06. The molecule has 19 heavy (non-hydrogen) atoms. The first-order valence-electron chi connectivity index (χ1n) is 7.68. The molecule has 3 atom stereocenters. The fourth-order valence-corrected chi connectivity index (χ4v) is 2.82. The number of hydrogen-bond acceptors (Lipinski definition) is 3. The Kier molecular flexibility index (Phi) is 4.61. The van der Waals surface area contributed by atoms with Crippen molar-refractivity contribution in [2.75, 3.05) is 0 Å². The highest BCUT2D eigenvalue weighted by atomic mass is 16.2. The van der Waals surface area contributed by atoms with Gasteiger partial charge < -0.3 is 5.32 Å². The minimum atomic E-state index is -0.287. The molecule has 1 aliphatic carbocycles. The molecular weight excluding hydrogens is 240 g/mol. The third-order valence-corrected chi connectivity index (χ3v) is 4.46. The Hall–Kier alpha value is -0.900. The van der Waals surface area contributed by atoms with Crippen LogP contribution in [0.5, 0.6) is 0 Å². The Morgan fingerprint density at radius 1 is 1.26 bits per heavy atom. The van der Waals surface area contributed by atoms with Gasteiger partial charge in [0.15, 0.2) is 0 Å². The average molecular weight is 266 g/mol. The molecule has 108 valence electrons. The molecule has 0 bridgehead atoms. The predicted molar refractivity (Wildman–Crippen MR) is 74.6 cm³/mol. The van der Waals surface area contributed by atoms with Gasteiger partial charge in [0.1, 0.15) is 0 Å². The largest absolute Gasteiger partial charge is 0.303 e. The number of nitrogens with one attached hydrogen (secondary N) is 1. The number of likely N-dealkylation sites (tertiary alicyclic amines) is 1. The molecule has 2 rings (SSSR count). The van der Waals surface area contributed by atoms with Crippen LogP contribution >= 0.6 is 0 Å². The van der Waals surface area contributed by atoms with Gasteiger partial charge in [0, 0.05) is 12.1 Å². The number of hydrogen-bond donors (Lipinski definition) is 1. The van der Waals surface area contributed by atoms with Crippen LogP contribution in [-0.4, -0.2) is 34.8 Å². The van der Waals surface area contributed by atoms with Crippen molar-refractivity contribution in [3.63, 3.8) is 0 Å². The van der Waals surface area contributed by atoms with Crippen molar-refractivity contribution >= 4 is 11.8 Å². The Morgan fingerprint density at radius 3 is 2.47 bits per heavy atom. The van der Waals surface area contributed by atoms with E-state index in [4.69, 9.17) is 0 Å². The van der Waals surface area contributed by atoms with Gasteiger partial charge in [-0.25, -0.2) is 0 Å². The average Bonchev–Trinajstić information content (AvgIpc) is 3.15. The number of amides is 2. The van der Waals surface area contributed by atoms with E-state index in [-0.39, 0.29) is 23.9 Å². The van der Waals surface area contributed by atoms with Crippen molar-refractivity contribution < 1.29 is 9.59 Å². The van der Waals surface area contributed by atoms with Crippen molar-refractivity contribution in [2.24, 2.45) is 5.92 Å². The SMILES string of the molecule is CCC(CC1CC1)NC1CC(=O)N(C(C)CC)C1=O. The monoisotopic (exact) mass is 266 g/mol. The molecule has 0 aromatic rings. The zero-order chi connectivity index (χ0) is 14.0. The maximum Gasteiger partial charge on any atom is 0.247 e. The Bertz CT molecular complexity index is 352. The van der Waals surface area contributed by atoms with Crippen LogP contribution in [0.2, 0.25) is 0 Å². The number of carbonyl (C=O) groups is 2. The summed E-state index contributed by atoms with van der Waals surface area (Å²) in [6.07, 6.45) is 5.99. The van der Waals surface area contributed by atoms with Gasteiger partial charge in [0.25, 0.3) is 0 Å². The summed E-state index contributed by atoms with van der Waals surface area (Å²) in [5, 5.41) is 3.41. The van der Waals surface area contributed by atoms with E-state index in [1.165, 1.54) is 17.7 Å². The van der Waals surface area contributed by atoms with Crippen molar-refractivity contribution in [3.05, 3.63) is 0 Å². The van der Waals surface area contributed by atoms with Crippen molar-refractivity contribution in [3.8, 4) is 0 Å². The molecule has 2 fully saturated rings. The summed E-state index contributed by atoms with van der Waals surface area (Å²) in [5.41, 5.74) is 0. The highest BCUT2D eigenvalue weighted by Crippen LogP contribution is 2.34. The van der Waals surface area contributed by atoms with Crippen molar-refractivity contribution in [1.82, 2.24) is 10.2 Å². The Morgan fingerprint density at radius 2 is 1.95 bits per heavy atom. The molecule has 1 saturated carbocycles. The molecule has 3 unspecified atom stereocenters. The molecule has 1 heterocycles. The highest BCUT2D eigenvalue weighted by Gasteiger charge is 2.41. The molecule has 0 aromatic carbocycles. The number of rotatable bonds is 7. The van der Waals surface area contributed by atoms with Crippen LogP contribution in [0.15, 0.2) is 0 Å². The minimum absolute atomic E-state index is 0.0156. The highest BCUT2D eigenvalue weighted by molar-refractivity contribution is 6.05. The van der Waals surface area contributed by atoms with Crippen LogP contribution in [-0.2, 0) is 9.59 Å². The summed E-state index contributed by atoms with van der Waals surface area (Å²) in [4.78, 5) is 25.7. The second kappa shape index (κ2) is 6.04. The lowest BCUT2D eigenvalue weighted by Gasteiger charge is -2.23. The fourth-order valence-electron chi connectivity index (χ4n) is 2.82. The number of nitrogens with zero attached hydrogens (tertiary/aromatic N) is 1. The third kappa shape index (κ3) is 3.35. The van der Waals surface area contributed by atoms with E-state index in [2.05, 4.69) is 12.2 Å². The van der Waals surface area contributed by atoms with Gasteiger partial charge in [0.2, 0.25) is 11.8 Å². The smallest absolute Gasteiger partial charge is 0.247 e. The van der Waals surface area contributed by atoms with Crippen LogP contribution in [0, 0.1) is 5.92 Å². The third-order valence-electron chi connectivity index (χ3n) is 4.46. The summed E-state index contributed by atoms with van der Waals surface area (Å²) >= 11 is 0. The first kappa shape index (κ1) is 14.5. The molecule has 1 saturated heterocycles. The molecule has 0 spiro atoms. The van der Waals surface area contributed by atoms with Gasteiger partial charge in [-0.15, -0.1) is 0 Å². The molecule has 1 N–H and O–H groups in total. The lowest BCUT2D eigenvalue weighted by molar-refractivity contribution is -0.141. The molecule has 4 nitrogen and oxygen atoms in total. The summed E-state index contributed by atoms with van der Waals surface area (Å²) < 4.78 is 0. The lowest BCUT2D eigenvalue weighted by Crippen LogP contribution is -2.45. The number of carbonyl (C=O) groups excluding carboxylic acids is 2. The van der Waals surface area contributed by atoms with Crippen LogP contribution in [0.4, 0.5) is 0 Å². The van der Waals surface area contributed by atoms with Gasteiger partial charge in [-0.1, -0.05) is 26.7 Å². The fraction of sp³-hybridized carbons (Fsp3) is 0.867. The van der Waals surface area contributed by atoms with Crippen LogP contribution in [0.25, 0.3) is 0 Å². The van der Waals surface area contributed by atoms with Gasteiger partial charge in [-0.05, 0) is 32.1 Å². The maximum absolute atomic E-state index is 12.3. The van der Waals surface area contributed by atoms with Gasteiger partial charge >= 0.3 is 0 Å². The van der Waals surface area contributed by atoms with Crippen LogP contribution in [0.1, 0.15) is 59.3 Å². The second-order valence-corrected chi connectivity index (χ2v) is 6.07.